The van der Waals surface area contributed by atoms with Crippen molar-refractivity contribution in [1.29, 1.82) is 0 Å². The van der Waals surface area contributed by atoms with Crippen LogP contribution in [-0.4, -0.2) is 67.1 Å². The largest absolute Gasteiger partial charge is 0.461 e. The first-order chi connectivity index (χ1) is 30.4. The number of nitrogens with one attached hydrogen (secondary N) is 1. The second kappa shape index (κ2) is 19.9. The Labute approximate surface area is 364 Å². The van der Waals surface area contributed by atoms with Crippen molar-refractivity contribution in [3.8, 4) is 5.75 Å². The summed E-state index contributed by atoms with van der Waals surface area (Å²) in [6, 6.07) is 46.3. The van der Waals surface area contributed by atoms with Crippen LogP contribution in [0.25, 0.3) is 0 Å². The number of carbonyl (C=O) groups is 5. The van der Waals surface area contributed by atoms with Gasteiger partial charge in [0.1, 0.15) is 18.5 Å². The van der Waals surface area contributed by atoms with Crippen LogP contribution in [0.15, 0.2) is 170 Å². The molecule has 1 heterocycles. The highest BCUT2D eigenvalue weighted by atomic mass is 16.7. The molecule has 1 N–H and O–H groups in total. The van der Waals surface area contributed by atoms with Gasteiger partial charge in [0.25, 0.3) is 5.91 Å². The van der Waals surface area contributed by atoms with Crippen molar-refractivity contribution in [3.05, 3.63) is 203 Å². The number of hydrogen-bond donors (Lipinski definition) is 1. The lowest BCUT2D eigenvalue weighted by molar-refractivity contribution is -0.275. The molecule has 63 heavy (non-hydrogen) atoms. The third-order valence-corrected chi connectivity index (χ3v) is 10.1. The van der Waals surface area contributed by atoms with Gasteiger partial charge in [-0.15, -0.1) is 0 Å². The van der Waals surface area contributed by atoms with Crippen molar-refractivity contribution >= 4 is 35.5 Å². The summed E-state index contributed by atoms with van der Waals surface area (Å²) in [6.07, 6.45) is -7.62. The molecule has 1 aliphatic rings. The third-order valence-electron chi connectivity index (χ3n) is 10.1. The van der Waals surface area contributed by atoms with Gasteiger partial charge in [-0.3, -0.25) is 4.79 Å². The predicted octanol–water partition coefficient (Wildman–Crippen LogP) is 8.87. The third kappa shape index (κ3) is 11.2. The molecule has 12 nitrogen and oxygen atoms in total. The topological polar surface area (TPSA) is 153 Å². The highest BCUT2D eigenvalue weighted by molar-refractivity contribution is 6.04. The van der Waals surface area contributed by atoms with Gasteiger partial charge in [0.2, 0.25) is 12.4 Å². The van der Waals surface area contributed by atoms with Gasteiger partial charge in [0.05, 0.1) is 22.3 Å². The normalized spacial score (nSPS) is 18.2. The van der Waals surface area contributed by atoms with E-state index >= 15 is 0 Å². The number of rotatable bonds is 13. The van der Waals surface area contributed by atoms with Crippen LogP contribution in [0.3, 0.4) is 0 Å². The summed E-state index contributed by atoms with van der Waals surface area (Å²) >= 11 is 0. The van der Waals surface area contributed by atoms with E-state index in [1.807, 2.05) is 12.1 Å². The Bertz CT molecular complexity index is 2490. The SMILES string of the molecule is CC(C)(C)c1ccc(C(=O)Nc2ccc(O[C@@H]3O[C@H](COC(=O)c4ccccc4)[C@@H](OC(=O)c4ccccc4)[C@H](OC(=O)c4ccccc4)[C@H]3OC(=O)c3ccccc3)cc2)cc1. The molecule has 1 saturated heterocycles. The first-order valence-electron chi connectivity index (χ1n) is 20.3. The first kappa shape index (κ1) is 43.5. The molecule has 5 atom stereocenters. The molecule has 0 bridgehead atoms. The van der Waals surface area contributed by atoms with E-state index in [4.69, 9.17) is 28.4 Å². The lowest BCUT2D eigenvalue weighted by atomic mass is 9.87. The highest BCUT2D eigenvalue weighted by Crippen LogP contribution is 2.33. The van der Waals surface area contributed by atoms with E-state index in [-0.39, 0.29) is 39.3 Å². The molecule has 0 aromatic heterocycles. The number of amides is 1. The lowest BCUT2D eigenvalue weighted by Crippen LogP contribution is -2.63. The highest BCUT2D eigenvalue weighted by Gasteiger charge is 2.54. The van der Waals surface area contributed by atoms with Crippen LogP contribution in [-0.2, 0) is 29.1 Å². The quantitative estimate of drug-likeness (QED) is 0.0876. The van der Waals surface area contributed by atoms with Crippen LogP contribution in [0, 0.1) is 0 Å². The standard InChI is InChI=1S/C51H45NO11/c1-51(2,3)38-26-24-33(25-27-38)45(53)52-39-28-30-40(31-29-39)59-50-44(63-49(57)37-22-14-7-15-23-37)43(62-48(56)36-20-12-6-13-21-36)42(61-47(55)35-18-10-5-11-19-35)41(60-50)32-58-46(54)34-16-8-4-9-17-34/h4-31,41-44,50H,32H2,1-3H3,(H,52,53)/t41-,42-,43+,44-,50-/m1/s1. The summed E-state index contributed by atoms with van der Waals surface area (Å²) in [5.74, 6) is -3.31. The summed E-state index contributed by atoms with van der Waals surface area (Å²) in [5, 5.41) is 2.88. The average molecular weight is 848 g/mol. The molecule has 1 fully saturated rings. The van der Waals surface area contributed by atoms with Gasteiger partial charge in [0.15, 0.2) is 12.2 Å². The van der Waals surface area contributed by atoms with Crippen molar-refractivity contribution < 1.29 is 52.4 Å². The van der Waals surface area contributed by atoms with Gasteiger partial charge in [-0.2, -0.15) is 0 Å². The number of carbonyl (C=O) groups excluding carboxylic acids is 5. The molecule has 6 aromatic carbocycles. The molecular weight excluding hydrogens is 803 g/mol. The van der Waals surface area contributed by atoms with Crippen LogP contribution in [0.1, 0.15) is 78.1 Å². The van der Waals surface area contributed by atoms with Crippen LogP contribution < -0.4 is 10.1 Å². The molecule has 0 radical (unpaired) electrons. The van der Waals surface area contributed by atoms with E-state index in [0.29, 0.717) is 11.3 Å². The van der Waals surface area contributed by atoms with Crippen molar-refractivity contribution in [3.63, 3.8) is 0 Å². The minimum absolute atomic E-state index is 0.0739. The molecule has 6 aromatic rings. The van der Waals surface area contributed by atoms with Gasteiger partial charge in [-0.25, -0.2) is 19.2 Å². The van der Waals surface area contributed by atoms with Crippen LogP contribution in [0.2, 0.25) is 0 Å². The first-order valence-corrected chi connectivity index (χ1v) is 20.3. The minimum atomic E-state index is -1.60. The number of hydrogen-bond acceptors (Lipinski definition) is 11. The van der Waals surface area contributed by atoms with Crippen LogP contribution in [0.4, 0.5) is 5.69 Å². The molecule has 1 aliphatic heterocycles. The number of anilines is 1. The van der Waals surface area contributed by atoms with E-state index in [1.54, 1.807) is 121 Å². The van der Waals surface area contributed by atoms with Crippen molar-refractivity contribution in [2.24, 2.45) is 0 Å². The zero-order chi connectivity index (χ0) is 44.3. The molecule has 12 heteroatoms. The zero-order valence-corrected chi connectivity index (χ0v) is 34.8. The monoisotopic (exact) mass is 847 g/mol. The molecule has 0 spiro atoms. The smallest absolute Gasteiger partial charge is 0.338 e. The Balaban J connectivity index is 1.23. The Kier molecular flexibility index (Phi) is 13.7. The van der Waals surface area contributed by atoms with Gasteiger partial charge in [-0.1, -0.05) is 106 Å². The maximum atomic E-state index is 13.9. The maximum Gasteiger partial charge on any atom is 0.338 e. The van der Waals surface area contributed by atoms with Gasteiger partial charge < -0.3 is 33.7 Å². The lowest BCUT2D eigenvalue weighted by Gasteiger charge is -2.44. The summed E-state index contributed by atoms with van der Waals surface area (Å²) in [4.78, 5) is 68.0. The fourth-order valence-corrected chi connectivity index (χ4v) is 6.70. The van der Waals surface area contributed by atoms with E-state index in [9.17, 15) is 24.0 Å². The average Bonchev–Trinajstić information content (AvgIpc) is 3.31. The minimum Gasteiger partial charge on any atom is -0.461 e. The van der Waals surface area contributed by atoms with Crippen molar-refractivity contribution in [1.82, 2.24) is 0 Å². The molecule has 1 amide bonds. The number of ether oxygens (including phenoxy) is 6. The summed E-state index contributed by atoms with van der Waals surface area (Å²) in [7, 11) is 0. The predicted molar refractivity (Wildman–Crippen MR) is 232 cm³/mol. The molecule has 0 saturated carbocycles. The Morgan fingerprint density at radius 2 is 0.921 bits per heavy atom. The van der Waals surface area contributed by atoms with E-state index in [0.717, 1.165) is 5.56 Å². The number of esters is 4. The molecule has 320 valence electrons. The molecular formula is C51H45NO11. The molecule has 7 rings (SSSR count). The van der Waals surface area contributed by atoms with Crippen LogP contribution in [0.5, 0.6) is 5.75 Å². The molecule has 0 aliphatic carbocycles. The zero-order valence-electron chi connectivity index (χ0n) is 34.8. The summed E-state index contributed by atoms with van der Waals surface area (Å²) < 4.78 is 36.9. The van der Waals surface area contributed by atoms with E-state index in [1.165, 1.54) is 36.4 Å². The van der Waals surface area contributed by atoms with Gasteiger partial charge in [0, 0.05) is 11.3 Å². The Hall–Kier alpha value is -7.57. The Morgan fingerprint density at radius 3 is 1.38 bits per heavy atom. The van der Waals surface area contributed by atoms with Crippen LogP contribution >= 0.6 is 0 Å². The fraction of sp³-hybridized carbons (Fsp3) is 0.196. The van der Waals surface area contributed by atoms with Gasteiger partial charge >= 0.3 is 23.9 Å². The van der Waals surface area contributed by atoms with E-state index < -0.39 is 61.2 Å². The number of benzene rings is 6. The van der Waals surface area contributed by atoms with Crippen molar-refractivity contribution in [2.75, 3.05) is 11.9 Å². The second-order valence-electron chi connectivity index (χ2n) is 15.6. The van der Waals surface area contributed by atoms with E-state index in [2.05, 4.69) is 26.1 Å². The molecule has 0 unspecified atom stereocenters. The fourth-order valence-electron chi connectivity index (χ4n) is 6.70. The Morgan fingerprint density at radius 1 is 0.492 bits per heavy atom. The summed E-state index contributed by atoms with van der Waals surface area (Å²) in [5.41, 5.74) is 2.66. The summed E-state index contributed by atoms with van der Waals surface area (Å²) in [6.45, 7) is 5.77. The van der Waals surface area contributed by atoms with Gasteiger partial charge in [-0.05, 0) is 95.9 Å². The maximum absolute atomic E-state index is 13.9. The second-order valence-corrected chi connectivity index (χ2v) is 15.6. The van der Waals surface area contributed by atoms with Crippen molar-refractivity contribution in [2.45, 2.75) is 56.9 Å².